The molecule has 1 unspecified atom stereocenters. The molecule has 7 nitrogen and oxygen atoms in total. The Morgan fingerprint density at radius 2 is 2.11 bits per heavy atom. The first-order chi connectivity index (χ1) is 12.7. The Morgan fingerprint density at radius 1 is 1.30 bits per heavy atom. The Kier molecular flexibility index (Phi) is 8.26. The van der Waals surface area contributed by atoms with Gasteiger partial charge in [-0.25, -0.2) is 4.39 Å². The molecule has 0 amide bonds. The van der Waals surface area contributed by atoms with E-state index in [9.17, 15) is 4.39 Å². The lowest BCUT2D eigenvalue weighted by molar-refractivity contribution is 0.214. The molecule has 2 aromatic rings. The van der Waals surface area contributed by atoms with Crippen molar-refractivity contribution in [3.05, 3.63) is 41.7 Å². The van der Waals surface area contributed by atoms with E-state index in [0.717, 1.165) is 31.0 Å². The highest BCUT2D eigenvalue weighted by Gasteiger charge is 2.16. The van der Waals surface area contributed by atoms with Crippen LogP contribution in [0.15, 0.2) is 29.3 Å². The minimum atomic E-state index is -0.363. The number of nitrogens with zero attached hydrogens (tertiary/aromatic N) is 4. The molecule has 1 aromatic carbocycles. The number of halogens is 2. The van der Waals surface area contributed by atoms with Gasteiger partial charge in [-0.15, -0.1) is 34.2 Å². The van der Waals surface area contributed by atoms with E-state index in [1.54, 1.807) is 25.2 Å². The van der Waals surface area contributed by atoms with Crippen molar-refractivity contribution in [3.63, 3.8) is 0 Å². The highest BCUT2D eigenvalue weighted by atomic mass is 127. The number of aliphatic imine (C=N–C) groups is 1. The van der Waals surface area contributed by atoms with Crippen LogP contribution in [0.2, 0.25) is 0 Å². The van der Waals surface area contributed by atoms with Crippen LogP contribution in [-0.4, -0.2) is 40.4 Å². The summed E-state index contributed by atoms with van der Waals surface area (Å²) in [6.45, 7) is 3.89. The second-order valence-electron chi connectivity index (χ2n) is 6.31. The maximum Gasteiger partial charge on any atom is 0.191 e. The zero-order chi connectivity index (χ0) is 18.4. The van der Waals surface area contributed by atoms with Gasteiger partial charge >= 0.3 is 0 Å². The molecule has 0 aliphatic carbocycles. The van der Waals surface area contributed by atoms with Crippen molar-refractivity contribution < 1.29 is 9.13 Å². The second-order valence-corrected chi connectivity index (χ2v) is 6.31. The summed E-state index contributed by atoms with van der Waals surface area (Å²) < 4.78 is 21.4. The fraction of sp³-hybridized carbons (Fsp3) is 0.500. The van der Waals surface area contributed by atoms with Crippen molar-refractivity contribution in [3.8, 4) is 5.75 Å². The first-order valence-corrected chi connectivity index (χ1v) is 8.94. The zero-order valence-corrected chi connectivity index (χ0v) is 17.9. The number of aryl methyl sites for hydroxylation is 1. The van der Waals surface area contributed by atoms with Crippen LogP contribution in [0.4, 0.5) is 4.39 Å². The third kappa shape index (κ3) is 5.78. The number of guanidine groups is 1. The number of hydrogen-bond acceptors (Lipinski definition) is 4. The lowest BCUT2D eigenvalue weighted by atomic mass is 10.2. The topological polar surface area (TPSA) is 76.4 Å². The third-order valence-electron chi connectivity index (χ3n) is 4.30. The van der Waals surface area contributed by atoms with Crippen molar-refractivity contribution in [2.45, 2.75) is 45.4 Å². The Labute approximate surface area is 175 Å². The summed E-state index contributed by atoms with van der Waals surface area (Å²) in [4.78, 5) is 4.20. The van der Waals surface area contributed by atoms with Crippen molar-refractivity contribution in [2.75, 3.05) is 13.6 Å². The molecular weight excluding hydrogens is 462 g/mol. The molecule has 27 heavy (non-hydrogen) atoms. The number of benzene rings is 1. The average molecular weight is 488 g/mol. The lowest BCUT2D eigenvalue weighted by Gasteiger charge is -2.18. The van der Waals surface area contributed by atoms with Crippen molar-refractivity contribution in [2.24, 2.45) is 4.99 Å². The smallest absolute Gasteiger partial charge is 0.191 e. The fourth-order valence-electron chi connectivity index (χ4n) is 2.92. The highest BCUT2D eigenvalue weighted by molar-refractivity contribution is 14.0. The average Bonchev–Trinajstić information content (AvgIpc) is 3.07. The molecule has 2 heterocycles. The zero-order valence-electron chi connectivity index (χ0n) is 15.6. The summed E-state index contributed by atoms with van der Waals surface area (Å²) in [5.41, 5.74) is 0. The first-order valence-electron chi connectivity index (χ1n) is 8.94. The van der Waals surface area contributed by atoms with Crippen LogP contribution in [-0.2, 0) is 19.5 Å². The van der Waals surface area contributed by atoms with E-state index in [0.29, 0.717) is 19.0 Å². The number of fused-ring (bicyclic) bond motifs is 1. The van der Waals surface area contributed by atoms with Crippen molar-refractivity contribution >= 4 is 29.9 Å². The number of rotatable bonds is 6. The number of hydrogen-bond donors (Lipinski definition) is 2. The van der Waals surface area contributed by atoms with Gasteiger partial charge in [0.2, 0.25) is 0 Å². The van der Waals surface area contributed by atoms with Gasteiger partial charge in [0.25, 0.3) is 0 Å². The quantitative estimate of drug-likeness (QED) is 0.372. The van der Waals surface area contributed by atoms with Gasteiger partial charge in [-0.3, -0.25) is 4.99 Å². The van der Waals surface area contributed by atoms with E-state index in [1.807, 2.05) is 6.92 Å². The van der Waals surface area contributed by atoms with Crippen LogP contribution < -0.4 is 15.4 Å². The van der Waals surface area contributed by atoms with Gasteiger partial charge in [0.15, 0.2) is 23.4 Å². The minimum Gasteiger partial charge on any atom is -0.486 e. The molecule has 0 radical (unpaired) electrons. The molecule has 1 atom stereocenters. The van der Waals surface area contributed by atoms with Crippen LogP contribution in [0.3, 0.4) is 0 Å². The maximum atomic E-state index is 13.6. The molecular formula is C18H26FIN6O. The second kappa shape index (κ2) is 10.4. The standard InChI is InChI=1S/C18H25FN6O.HI/c1-13(26-15-8-4-3-7-14(15)19)11-21-18(20-2)22-12-17-24-23-16-9-5-6-10-25(16)17;/h3-4,7-8,13H,5-6,9-12H2,1-2H3,(H2,20,21,22);1H. The summed E-state index contributed by atoms with van der Waals surface area (Å²) in [6.07, 6.45) is 3.11. The summed E-state index contributed by atoms with van der Waals surface area (Å²) >= 11 is 0. The number of aromatic nitrogens is 3. The molecule has 1 aliphatic heterocycles. The van der Waals surface area contributed by atoms with Crippen LogP contribution >= 0.6 is 24.0 Å². The maximum absolute atomic E-state index is 13.6. The van der Waals surface area contributed by atoms with Gasteiger partial charge in [0.05, 0.1) is 13.1 Å². The molecule has 0 saturated heterocycles. The molecule has 0 saturated carbocycles. The van der Waals surface area contributed by atoms with Gasteiger partial charge in [-0.2, -0.15) is 0 Å². The molecule has 0 fully saturated rings. The lowest BCUT2D eigenvalue weighted by Crippen LogP contribution is -2.41. The van der Waals surface area contributed by atoms with Crippen molar-refractivity contribution in [1.82, 2.24) is 25.4 Å². The molecule has 2 N–H and O–H groups in total. The van der Waals surface area contributed by atoms with Gasteiger partial charge in [0, 0.05) is 20.0 Å². The number of nitrogens with one attached hydrogen (secondary N) is 2. The van der Waals surface area contributed by atoms with E-state index in [1.165, 1.54) is 12.5 Å². The predicted octanol–water partition coefficient (Wildman–Crippen LogP) is 2.50. The molecule has 3 rings (SSSR count). The highest BCUT2D eigenvalue weighted by Crippen LogP contribution is 2.17. The Bertz CT molecular complexity index is 766. The van der Waals surface area contributed by atoms with E-state index in [4.69, 9.17) is 4.74 Å². The number of ether oxygens (including phenoxy) is 1. The van der Waals surface area contributed by atoms with Gasteiger partial charge in [0.1, 0.15) is 11.9 Å². The van der Waals surface area contributed by atoms with Crippen LogP contribution in [0, 0.1) is 5.82 Å². The van der Waals surface area contributed by atoms with Crippen LogP contribution in [0.5, 0.6) is 5.75 Å². The summed E-state index contributed by atoms with van der Waals surface area (Å²) in [7, 11) is 1.71. The molecule has 9 heteroatoms. The SMILES string of the molecule is CN=C(NCc1nnc2n1CCCC2)NCC(C)Oc1ccccc1F.I. The molecule has 0 spiro atoms. The van der Waals surface area contributed by atoms with E-state index in [-0.39, 0.29) is 41.6 Å². The molecule has 148 valence electrons. The van der Waals surface area contributed by atoms with E-state index in [2.05, 4.69) is 30.4 Å². The summed E-state index contributed by atoms with van der Waals surface area (Å²) in [5, 5.41) is 14.9. The normalized spacial score (nSPS) is 14.7. The number of para-hydroxylation sites is 1. The third-order valence-corrected chi connectivity index (χ3v) is 4.30. The Balaban J connectivity index is 0.00000261. The predicted molar refractivity (Wildman–Crippen MR) is 113 cm³/mol. The molecule has 1 aliphatic rings. The summed E-state index contributed by atoms with van der Waals surface area (Å²) in [5.74, 6) is 2.50. The van der Waals surface area contributed by atoms with E-state index >= 15 is 0 Å². The Morgan fingerprint density at radius 3 is 2.89 bits per heavy atom. The van der Waals surface area contributed by atoms with Gasteiger partial charge in [-0.1, -0.05) is 12.1 Å². The summed E-state index contributed by atoms with van der Waals surface area (Å²) in [6, 6.07) is 6.39. The van der Waals surface area contributed by atoms with Crippen LogP contribution in [0.1, 0.15) is 31.4 Å². The molecule has 0 bridgehead atoms. The first kappa shape index (κ1) is 21.4. The van der Waals surface area contributed by atoms with Crippen LogP contribution in [0.25, 0.3) is 0 Å². The van der Waals surface area contributed by atoms with Crippen molar-refractivity contribution in [1.29, 1.82) is 0 Å². The monoisotopic (exact) mass is 488 g/mol. The largest absolute Gasteiger partial charge is 0.486 e. The molecule has 1 aromatic heterocycles. The van der Waals surface area contributed by atoms with Gasteiger partial charge < -0.3 is 19.9 Å². The Hall–Kier alpha value is -1.91. The van der Waals surface area contributed by atoms with E-state index < -0.39 is 0 Å². The fourth-order valence-corrected chi connectivity index (χ4v) is 2.92. The minimum absolute atomic E-state index is 0. The van der Waals surface area contributed by atoms with Gasteiger partial charge in [-0.05, 0) is 31.9 Å².